The average molecular weight is 356 g/mol. The van der Waals surface area contributed by atoms with Gasteiger partial charge in [0.05, 0.1) is 19.1 Å². The lowest BCUT2D eigenvalue weighted by Gasteiger charge is -2.32. The highest BCUT2D eigenvalue weighted by Crippen LogP contribution is 2.32. The van der Waals surface area contributed by atoms with E-state index in [0.29, 0.717) is 0 Å². The molecule has 0 saturated carbocycles. The first-order valence-corrected chi connectivity index (χ1v) is 7.75. The summed E-state index contributed by atoms with van der Waals surface area (Å²) in [7, 11) is 0. The molecule has 1 unspecified atom stereocenters. The van der Waals surface area contributed by atoms with Crippen molar-refractivity contribution in [2.45, 2.75) is 25.6 Å². The van der Waals surface area contributed by atoms with E-state index in [2.05, 4.69) is 10.1 Å². The number of benzene rings is 1. The second kappa shape index (κ2) is 8.15. The summed E-state index contributed by atoms with van der Waals surface area (Å²) in [6.07, 6.45) is -0.935. The van der Waals surface area contributed by atoms with Crippen molar-refractivity contribution in [3.05, 3.63) is 41.6 Å². The fraction of sp³-hybridized carbons (Fsp3) is 0.412. The highest BCUT2D eigenvalue weighted by Gasteiger charge is 2.28. The first kappa shape index (κ1) is 19.0. The van der Waals surface area contributed by atoms with Crippen LogP contribution in [0.2, 0.25) is 0 Å². The van der Waals surface area contributed by atoms with Crippen LogP contribution in [0.25, 0.3) is 6.08 Å². The van der Waals surface area contributed by atoms with Gasteiger partial charge in [-0.2, -0.15) is 13.2 Å². The smallest absolute Gasteiger partial charge is 0.370 e. The first-order chi connectivity index (χ1) is 11.8. The van der Waals surface area contributed by atoms with Crippen molar-refractivity contribution in [1.82, 2.24) is 10.2 Å². The fourth-order valence-electron chi connectivity index (χ4n) is 2.61. The third-order valence-electron chi connectivity index (χ3n) is 3.68. The van der Waals surface area contributed by atoms with Gasteiger partial charge in [-0.25, -0.2) is 0 Å². The number of carbonyl (C=O) groups excluding carboxylic acids is 2. The minimum absolute atomic E-state index is 0.0141. The van der Waals surface area contributed by atoms with E-state index in [-0.39, 0.29) is 31.4 Å². The van der Waals surface area contributed by atoms with Crippen molar-refractivity contribution in [3.63, 3.8) is 0 Å². The molecule has 2 rings (SSSR count). The maximum absolute atomic E-state index is 12.1. The Morgan fingerprint density at radius 1 is 1.28 bits per heavy atom. The number of rotatable bonds is 6. The average Bonchev–Trinajstić information content (AvgIpc) is 2.53. The molecule has 0 spiro atoms. The Hall–Kier alpha value is -2.35. The SMILES string of the molecule is CC(=O)N1C=Cc2ccccc2C1CC(=O)NCCOCC(F)(F)F. The van der Waals surface area contributed by atoms with Crippen LogP contribution in [0.3, 0.4) is 0 Å². The number of alkyl halides is 3. The van der Waals surface area contributed by atoms with Crippen molar-refractivity contribution in [2.75, 3.05) is 19.8 Å². The lowest BCUT2D eigenvalue weighted by molar-refractivity contribution is -0.173. The molecule has 1 heterocycles. The second-order valence-electron chi connectivity index (χ2n) is 5.61. The zero-order valence-corrected chi connectivity index (χ0v) is 13.7. The molecule has 0 fully saturated rings. The van der Waals surface area contributed by atoms with Gasteiger partial charge < -0.3 is 15.0 Å². The molecule has 0 saturated heterocycles. The minimum atomic E-state index is -4.38. The molecule has 25 heavy (non-hydrogen) atoms. The molecule has 0 aliphatic carbocycles. The maximum Gasteiger partial charge on any atom is 0.411 e. The summed E-state index contributed by atoms with van der Waals surface area (Å²) in [6.45, 7) is -0.196. The molecule has 0 radical (unpaired) electrons. The number of fused-ring (bicyclic) bond motifs is 1. The topological polar surface area (TPSA) is 58.6 Å². The number of nitrogens with one attached hydrogen (secondary N) is 1. The van der Waals surface area contributed by atoms with E-state index in [1.165, 1.54) is 11.8 Å². The fourth-order valence-corrected chi connectivity index (χ4v) is 2.61. The summed E-state index contributed by atoms with van der Waals surface area (Å²) in [4.78, 5) is 25.4. The van der Waals surface area contributed by atoms with Crippen LogP contribution in [0.4, 0.5) is 13.2 Å². The van der Waals surface area contributed by atoms with Crippen molar-refractivity contribution in [3.8, 4) is 0 Å². The van der Waals surface area contributed by atoms with Crippen molar-refractivity contribution < 1.29 is 27.5 Å². The number of hydrogen-bond acceptors (Lipinski definition) is 3. The molecular weight excluding hydrogens is 337 g/mol. The quantitative estimate of drug-likeness (QED) is 0.798. The van der Waals surface area contributed by atoms with E-state index < -0.39 is 18.8 Å². The predicted octanol–water partition coefficient (Wildman–Crippen LogP) is 2.65. The summed E-state index contributed by atoms with van der Waals surface area (Å²) in [5, 5.41) is 2.51. The predicted molar refractivity (Wildman–Crippen MR) is 85.2 cm³/mol. The molecule has 1 aliphatic rings. The zero-order chi connectivity index (χ0) is 18.4. The molecule has 1 aliphatic heterocycles. The highest BCUT2D eigenvalue weighted by atomic mass is 19.4. The number of ether oxygens (including phenoxy) is 1. The van der Waals surface area contributed by atoms with Crippen LogP contribution in [0.15, 0.2) is 30.5 Å². The van der Waals surface area contributed by atoms with E-state index in [0.717, 1.165) is 11.1 Å². The molecule has 1 aromatic rings. The molecule has 1 N–H and O–H groups in total. The second-order valence-corrected chi connectivity index (χ2v) is 5.61. The Balaban J connectivity index is 1.91. The number of nitrogens with zero attached hydrogens (tertiary/aromatic N) is 1. The summed E-state index contributed by atoms with van der Waals surface area (Å²) in [5.41, 5.74) is 1.77. The van der Waals surface area contributed by atoms with Crippen molar-refractivity contribution in [2.24, 2.45) is 0 Å². The Kier molecular flexibility index (Phi) is 6.19. The third-order valence-corrected chi connectivity index (χ3v) is 3.68. The van der Waals surface area contributed by atoms with Gasteiger partial charge in [0.25, 0.3) is 0 Å². The maximum atomic E-state index is 12.1. The Morgan fingerprint density at radius 2 is 2.00 bits per heavy atom. The Bertz CT molecular complexity index is 659. The van der Waals surface area contributed by atoms with E-state index in [1.807, 2.05) is 24.3 Å². The third kappa shape index (κ3) is 5.60. The summed E-state index contributed by atoms with van der Waals surface area (Å²) >= 11 is 0. The molecule has 136 valence electrons. The van der Waals surface area contributed by atoms with Gasteiger partial charge in [-0.15, -0.1) is 0 Å². The number of amides is 2. The van der Waals surface area contributed by atoms with Gasteiger partial charge in [-0.3, -0.25) is 9.59 Å². The number of hydrogen-bond donors (Lipinski definition) is 1. The van der Waals surface area contributed by atoms with Crippen LogP contribution in [0.5, 0.6) is 0 Å². The van der Waals surface area contributed by atoms with Gasteiger partial charge in [0.1, 0.15) is 6.61 Å². The van der Waals surface area contributed by atoms with Gasteiger partial charge in [0, 0.05) is 19.7 Å². The van der Waals surface area contributed by atoms with Crippen LogP contribution < -0.4 is 5.32 Å². The lowest BCUT2D eigenvalue weighted by atomic mass is 9.93. The molecule has 5 nitrogen and oxygen atoms in total. The molecule has 0 bridgehead atoms. The highest BCUT2D eigenvalue weighted by molar-refractivity contribution is 5.81. The molecule has 2 amide bonds. The van der Waals surface area contributed by atoms with Crippen LogP contribution >= 0.6 is 0 Å². The van der Waals surface area contributed by atoms with E-state index in [9.17, 15) is 22.8 Å². The van der Waals surface area contributed by atoms with E-state index >= 15 is 0 Å². The van der Waals surface area contributed by atoms with Crippen LogP contribution in [0, 0.1) is 0 Å². The summed E-state index contributed by atoms with van der Waals surface area (Å²) in [5.74, 6) is -0.561. The number of carbonyl (C=O) groups is 2. The van der Waals surface area contributed by atoms with Crippen LogP contribution in [-0.2, 0) is 14.3 Å². The van der Waals surface area contributed by atoms with Crippen LogP contribution in [-0.4, -0.2) is 42.6 Å². The lowest BCUT2D eigenvalue weighted by Crippen LogP contribution is -2.36. The van der Waals surface area contributed by atoms with Gasteiger partial charge in [-0.1, -0.05) is 24.3 Å². The largest absolute Gasteiger partial charge is 0.411 e. The standard InChI is InChI=1S/C17H19F3N2O3/c1-12(23)22-8-6-13-4-2-3-5-14(13)15(22)10-16(24)21-7-9-25-11-17(18,19)20/h2-6,8,15H,7,9-11H2,1H3,(H,21,24). The van der Waals surface area contributed by atoms with Crippen molar-refractivity contribution >= 4 is 17.9 Å². The van der Waals surface area contributed by atoms with E-state index in [4.69, 9.17) is 0 Å². The molecular formula is C17H19F3N2O3. The van der Waals surface area contributed by atoms with Gasteiger partial charge in [0.2, 0.25) is 11.8 Å². The van der Waals surface area contributed by atoms with Gasteiger partial charge >= 0.3 is 6.18 Å². The normalized spacial score (nSPS) is 16.5. The molecule has 1 aromatic carbocycles. The molecule has 8 heteroatoms. The van der Waals surface area contributed by atoms with E-state index in [1.54, 1.807) is 12.3 Å². The van der Waals surface area contributed by atoms with Crippen molar-refractivity contribution in [1.29, 1.82) is 0 Å². The van der Waals surface area contributed by atoms with Gasteiger partial charge in [-0.05, 0) is 17.2 Å². The zero-order valence-electron chi connectivity index (χ0n) is 13.7. The minimum Gasteiger partial charge on any atom is -0.370 e. The number of halogens is 3. The van der Waals surface area contributed by atoms with Gasteiger partial charge in [0.15, 0.2) is 0 Å². The first-order valence-electron chi connectivity index (χ1n) is 7.75. The molecule has 0 aromatic heterocycles. The van der Waals surface area contributed by atoms with Crippen LogP contribution in [0.1, 0.15) is 30.5 Å². The summed E-state index contributed by atoms with van der Waals surface area (Å²) < 4.78 is 40.3. The Morgan fingerprint density at radius 3 is 2.68 bits per heavy atom. The summed E-state index contributed by atoms with van der Waals surface area (Å²) in [6, 6.07) is 6.97. The Labute approximate surface area is 143 Å². The monoisotopic (exact) mass is 356 g/mol. The molecule has 1 atom stereocenters.